The van der Waals surface area contributed by atoms with Crippen LogP contribution in [-0.4, -0.2) is 62.7 Å². The first kappa shape index (κ1) is 37.1. The second kappa shape index (κ2) is 15.0. The van der Waals surface area contributed by atoms with Crippen molar-refractivity contribution in [3.8, 4) is 28.1 Å². The average Bonchev–Trinajstić information content (AvgIpc) is 3.48. The van der Waals surface area contributed by atoms with Gasteiger partial charge in [0.1, 0.15) is 11.6 Å². The van der Waals surface area contributed by atoms with Gasteiger partial charge < -0.3 is 24.2 Å². The lowest BCUT2D eigenvalue weighted by molar-refractivity contribution is -0.160. The van der Waals surface area contributed by atoms with Crippen molar-refractivity contribution in [2.24, 2.45) is 0 Å². The summed E-state index contributed by atoms with van der Waals surface area (Å²) in [5.74, 6) is 0.319. The number of fused-ring (bicyclic) bond motifs is 1. The number of carboxylic acid groups (broad SMARTS) is 1. The summed E-state index contributed by atoms with van der Waals surface area (Å²) in [5.41, 5.74) is 4.96. The number of ether oxygens (including phenoxy) is 3. The number of carboxylic acids is 1. The molecule has 1 aliphatic rings. The first-order valence-corrected chi connectivity index (χ1v) is 17.5. The number of halogens is 1. The molecule has 0 radical (unpaired) electrons. The van der Waals surface area contributed by atoms with Crippen LogP contribution in [0.1, 0.15) is 76.8 Å². The quantitative estimate of drug-likeness (QED) is 0.138. The Morgan fingerprint density at radius 1 is 1.10 bits per heavy atom. The molecule has 5 rings (SSSR count). The molecular formula is C40H49ClN4O5. The highest BCUT2D eigenvalue weighted by Crippen LogP contribution is 2.41. The lowest BCUT2D eigenvalue weighted by Gasteiger charge is -2.41. The number of anilines is 1. The van der Waals surface area contributed by atoms with E-state index in [0.29, 0.717) is 59.6 Å². The number of benzene rings is 2. The number of aryl methyl sites for hydroxylation is 1. The molecule has 0 spiro atoms. The molecule has 266 valence electrons. The molecule has 0 saturated carbocycles. The van der Waals surface area contributed by atoms with Gasteiger partial charge in [0, 0.05) is 47.4 Å². The van der Waals surface area contributed by atoms with Gasteiger partial charge >= 0.3 is 5.97 Å². The van der Waals surface area contributed by atoms with Crippen molar-refractivity contribution in [2.45, 2.75) is 91.1 Å². The predicted molar refractivity (Wildman–Crippen MR) is 200 cm³/mol. The molecule has 0 amide bonds. The zero-order valence-corrected chi connectivity index (χ0v) is 31.0. The van der Waals surface area contributed by atoms with Crippen LogP contribution in [0, 0.1) is 13.8 Å². The predicted octanol–water partition coefficient (Wildman–Crippen LogP) is 9.18. The molecule has 1 aliphatic heterocycles. The van der Waals surface area contributed by atoms with Gasteiger partial charge in [-0.25, -0.2) is 9.78 Å². The molecule has 1 fully saturated rings. The minimum atomic E-state index is -1.25. The molecule has 2 aromatic carbocycles. The van der Waals surface area contributed by atoms with Crippen LogP contribution in [0.2, 0.25) is 5.02 Å². The van der Waals surface area contributed by atoms with Crippen LogP contribution in [0.15, 0.2) is 67.8 Å². The fraction of sp³-hybridized carbons (Fsp3) is 0.425. The van der Waals surface area contributed by atoms with Gasteiger partial charge in [0.2, 0.25) is 0 Å². The van der Waals surface area contributed by atoms with Gasteiger partial charge in [0.25, 0.3) is 0 Å². The molecule has 2 aromatic heterocycles. The number of nitrogens with zero attached hydrogens (tertiary/aromatic N) is 4. The first-order valence-electron chi connectivity index (χ1n) is 17.1. The van der Waals surface area contributed by atoms with E-state index < -0.39 is 17.7 Å². The maximum Gasteiger partial charge on any atom is 0.337 e. The molecule has 50 heavy (non-hydrogen) atoms. The smallest absolute Gasteiger partial charge is 0.337 e. The number of carbonyl (C=O) groups is 1. The van der Waals surface area contributed by atoms with Crippen molar-refractivity contribution in [3.05, 3.63) is 89.6 Å². The molecular weight excluding hydrogens is 652 g/mol. The van der Waals surface area contributed by atoms with Crippen LogP contribution in [0.5, 0.6) is 5.75 Å². The summed E-state index contributed by atoms with van der Waals surface area (Å²) in [6.45, 7) is 22.9. The van der Waals surface area contributed by atoms with Crippen LogP contribution >= 0.6 is 11.6 Å². The second-order valence-electron chi connectivity index (χ2n) is 14.3. The van der Waals surface area contributed by atoms with Gasteiger partial charge in [-0.2, -0.15) is 9.61 Å². The summed E-state index contributed by atoms with van der Waals surface area (Å²) in [4.78, 5) is 19.9. The third kappa shape index (κ3) is 8.06. The minimum absolute atomic E-state index is 0.0616. The molecule has 2 unspecified atom stereocenters. The Kier molecular flexibility index (Phi) is 11.1. The molecule has 0 bridgehead atoms. The van der Waals surface area contributed by atoms with E-state index in [0.717, 1.165) is 40.8 Å². The topological polar surface area (TPSA) is 98.4 Å². The highest BCUT2D eigenvalue weighted by atomic mass is 35.5. The number of piperidine rings is 1. The van der Waals surface area contributed by atoms with Gasteiger partial charge in [-0.15, -0.1) is 13.2 Å². The lowest BCUT2D eigenvalue weighted by atomic mass is 9.92. The Labute approximate surface area is 300 Å². The van der Waals surface area contributed by atoms with E-state index in [1.807, 2.05) is 84.0 Å². The zero-order valence-electron chi connectivity index (χ0n) is 30.3. The summed E-state index contributed by atoms with van der Waals surface area (Å²) in [7, 11) is 0. The summed E-state index contributed by atoms with van der Waals surface area (Å²) < 4.78 is 20.5. The van der Waals surface area contributed by atoms with Crippen LogP contribution in [0.25, 0.3) is 28.0 Å². The number of aliphatic carboxylic acids is 1. The van der Waals surface area contributed by atoms with Crippen LogP contribution in [-0.2, 0) is 14.3 Å². The fourth-order valence-electron chi connectivity index (χ4n) is 6.50. The van der Waals surface area contributed by atoms with E-state index in [-0.39, 0.29) is 11.7 Å². The van der Waals surface area contributed by atoms with Crippen molar-refractivity contribution in [2.75, 3.05) is 24.6 Å². The van der Waals surface area contributed by atoms with Crippen molar-refractivity contribution in [1.82, 2.24) is 14.6 Å². The summed E-state index contributed by atoms with van der Waals surface area (Å²) in [5, 5.41) is 16.3. The van der Waals surface area contributed by atoms with E-state index >= 15 is 0 Å². The Balaban J connectivity index is 1.65. The van der Waals surface area contributed by atoms with Gasteiger partial charge in [-0.1, -0.05) is 42.0 Å². The van der Waals surface area contributed by atoms with Gasteiger partial charge in [0.05, 0.1) is 35.2 Å². The largest absolute Gasteiger partial charge is 0.490 e. The maximum absolute atomic E-state index is 12.8. The normalized spacial score (nSPS) is 15.9. The number of hydrogen-bond acceptors (Lipinski definition) is 7. The highest BCUT2D eigenvalue weighted by Gasteiger charge is 2.37. The summed E-state index contributed by atoms with van der Waals surface area (Å²) in [6, 6.07) is 13.8. The summed E-state index contributed by atoms with van der Waals surface area (Å²) >= 11 is 6.63. The highest BCUT2D eigenvalue weighted by molar-refractivity contribution is 6.31. The third-order valence-corrected chi connectivity index (χ3v) is 9.48. The molecule has 9 nitrogen and oxygen atoms in total. The standard InChI is InChI=1S/C40H49ClN4O5/c1-10-13-25(3)49-32-17-16-30(41)26(4)34(32)29-15-12-14-28(23-29)31-24-33-42-27(5)35(36(38(46)47)50-39(6,7)8)37(45(33)43-31)44-20-18-40(9,19-21-44)48-22-11-2/h10-12,14-17,23-25,36H,1-2,13,18-22H2,3-9H3,(H,46,47). The Hall–Kier alpha value is -4.18. The number of aromatic nitrogens is 3. The summed E-state index contributed by atoms with van der Waals surface area (Å²) in [6.07, 6.45) is 4.49. The van der Waals surface area contributed by atoms with E-state index in [2.05, 4.69) is 31.0 Å². The van der Waals surface area contributed by atoms with Gasteiger partial charge in [-0.05, 0) is 90.6 Å². The Bertz CT molecular complexity index is 1890. The Morgan fingerprint density at radius 3 is 2.44 bits per heavy atom. The monoisotopic (exact) mass is 700 g/mol. The minimum Gasteiger partial charge on any atom is -0.490 e. The fourth-order valence-corrected chi connectivity index (χ4v) is 6.66. The SMILES string of the molecule is C=CCOC1(C)CCN(c2c(C(OC(C)(C)C)C(=O)O)c(C)nc3cc(-c4cccc(-c5c(OC(C)CC=C)ccc(Cl)c5C)c4)nn23)CC1. The molecule has 2 atom stereocenters. The van der Waals surface area contributed by atoms with E-state index in [1.165, 1.54) is 0 Å². The van der Waals surface area contributed by atoms with Gasteiger partial charge in [0.15, 0.2) is 11.8 Å². The van der Waals surface area contributed by atoms with E-state index in [9.17, 15) is 9.90 Å². The molecule has 4 aromatic rings. The van der Waals surface area contributed by atoms with Crippen molar-refractivity contribution < 1.29 is 24.1 Å². The molecule has 10 heteroatoms. The zero-order chi connectivity index (χ0) is 36.4. The van der Waals surface area contributed by atoms with Crippen molar-refractivity contribution in [1.29, 1.82) is 0 Å². The van der Waals surface area contributed by atoms with E-state index in [4.69, 9.17) is 35.9 Å². The van der Waals surface area contributed by atoms with Crippen LogP contribution in [0.4, 0.5) is 5.82 Å². The number of rotatable bonds is 13. The van der Waals surface area contributed by atoms with Crippen LogP contribution in [0.3, 0.4) is 0 Å². The van der Waals surface area contributed by atoms with Crippen molar-refractivity contribution in [3.63, 3.8) is 0 Å². The Morgan fingerprint density at radius 2 is 1.80 bits per heavy atom. The van der Waals surface area contributed by atoms with Gasteiger partial charge in [-0.3, -0.25) is 0 Å². The van der Waals surface area contributed by atoms with E-state index in [1.54, 1.807) is 10.6 Å². The van der Waals surface area contributed by atoms with Crippen LogP contribution < -0.4 is 9.64 Å². The number of hydrogen-bond donors (Lipinski definition) is 1. The lowest BCUT2D eigenvalue weighted by Crippen LogP contribution is -2.45. The average molecular weight is 701 g/mol. The molecule has 0 aliphatic carbocycles. The second-order valence-corrected chi connectivity index (χ2v) is 14.7. The first-order chi connectivity index (χ1) is 23.6. The molecule has 3 heterocycles. The van der Waals surface area contributed by atoms with Crippen molar-refractivity contribution >= 4 is 29.0 Å². The maximum atomic E-state index is 12.8. The third-order valence-electron chi connectivity index (χ3n) is 9.07. The molecule has 1 N–H and O–H groups in total. The molecule has 1 saturated heterocycles.